The van der Waals surface area contributed by atoms with Gasteiger partial charge in [0.15, 0.2) is 0 Å². The zero-order valence-electron chi connectivity index (χ0n) is 11.0. The van der Waals surface area contributed by atoms with Gasteiger partial charge in [-0.1, -0.05) is 6.07 Å². The number of ether oxygens (including phenoxy) is 1. The van der Waals surface area contributed by atoms with Crippen LogP contribution in [0.15, 0.2) is 30.3 Å². The molecule has 1 heterocycles. The molecule has 0 aliphatic rings. The maximum atomic E-state index is 12.6. The van der Waals surface area contributed by atoms with Crippen molar-refractivity contribution in [2.75, 3.05) is 5.73 Å². The van der Waals surface area contributed by atoms with Crippen LogP contribution >= 0.6 is 0 Å². The predicted molar refractivity (Wildman–Crippen MR) is 69.6 cm³/mol. The summed E-state index contributed by atoms with van der Waals surface area (Å²) >= 11 is 0. The summed E-state index contributed by atoms with van der Waals surface area (Å²) in [4.78, 5) is 3.45. The second kappa shape index (κ2) is 5.03. The molecule has 1 aromatic heterocycles. The van der Waals surface area contributed by atoms with Gasteiger partial charge in [0, 0.05) is 11.8 Å². The van der Waals surface area contributed by atoms with E-state index in [9.17, 15) is 13.2 Å². The number of pyridine rings is 1. The third-order valence-electron chi connectivity index (χ3n) is 2.79. The number of halogens is 3. The van der Waals surface area contributed by atoms with Gasteiger partial charge in [0.05, 0.1) is 0 Å². The van der Waals surface area contributed by atoms with Crippen molar-refractivity contribution in [3.8, 4) is 11.6 Å². The van der Waals surface area contributed by atoms with Crippen molar-refractivity contribution in [3.05, 3.63) is 47.2 Å². The number of nitrogen functional groups attached to an aromatic ring is 1. The first-order valence-corrected chi connectivity index (χ1v) is 5.86. The van der Waals surface area contributed by atoms with Crippen molar-refractivity contribution in [1.82, 2.24) is 4.98 Å². The Hall–Kier alpha value is -2.24. The predicted octanol–water partition coefficient (Wildman–Crippen LogP) is 4.09. The maximum Gasteiger partial charge on any atom is 0.433 e. The van der Waals surface area contributed by atoms with E-state index in [1.165, 1.54) is 12.1 Å². The fourth-order valence-electron chi connectivity index (χ4n) is 1.66. The van der Waals surface area contributed by atoms with Crippen molar-refractivity contribution in [3.63, 3.8) is 0 Å². The molecule has 0 radical (unpaired) electrons. The Kier molecular flexibility index (Phi) is 3.57. The molecule has 0 spiro atoms. The Balaban J connectivity index is 2.33. The van der Waals surface area contributed by atoms with Crippen LogP contribution in [-0.4, -0.2) is 4.98 Å². The molecular weight excluding hydrogens is 269 g/mol. The van der Waals surface area contributed by atoms with Crippen molar-refractivity contribution in [2.24, 2.45) is 0 Å². The Morgan fingerprint density at radius 1 is 1.10 bits per heavy atom. The monoisotopic (exact) mass is 282 g/mol. The number of hydrogen-bond donors (Lipinski definition) is 1. The zero-order chi connectivity index (χ0) is 14.9. The lowest BCUT2D eigenvalue weighted by atomic mass is 10.1. The van der Waals surface area contributed by atoms with E-state index in [2.05, 4.69) is 4.98 Å². The van der Waals surface area contributed by atoms with Crippen LogP contribution in [0.5, 0.6) is 11.6 Å². The minimum Gasteiger partial charge on any atom is -0.439 e. The van der Waals surface area contributed by atoms with Gasteiger partial charge in [-0.25, -0.2) is 4.98 Å². The number of nitrogens with two attached hydrogens (primary N) is 1. The summed E-state index contributed by atoms with van der Waals surface area (Å²) in [6.45, 7) is 3.56. The van der Waals surface area contributed by atoms with Crippen LogP contribution in [0.2, 0.25) is 0 Å². The number of anilines is 1. The Bertz CT molecular complexity index is 639. The number of alkyl halides is 3. The standard InChI is InChI=1S/C14H13F3N2O/c1-8-7-11(9(2)6-10(8)18)20-13-5-3-4-12(19-13)14(15,16)17/h3-7H,18H2,1-2H3. The van der Waals surface area contributed by atoms with E-state index in [1.807, 2.05) is 0 Å². The van der Waals surface area contributed by atoms with E-state index < -0.39 is 11.9 Å². The molecule has 3 nitrogen and oxygen atoms in total. The van der Waals surface area contributed by atoms with Gasteiger partial charge in [-0.3, -0.25) is 0 Å². The molecule has 2 aromatic rings. The summed E-state index contributed by atoms with van der Waals surface area (Å²) in [7, 11) is 0. The average Bonchev–Trinajstić information content (AvgIpc) is 2.35. The highest BCUT2D eigenvalue weighted by Gasteiger charge is 2.32. The highest BCUT2D eigenvalue weighted by molar-refractivity contribution is 5.54. The third kappa shape index (κ3) is 3.01. The quantitative estimate of drug-likeness (QED) is 0.844. The number of hydrogen-bond acceptors (Lipinski definition) is 3. The largest absolute Gasteiger partial charge is 0.439 e. The first-order valence-electron chi connectivity index (χ1n) is 5.86. The summed E-state index contributed by atoms with van der Waals surface area (Å²) in [5, 5.41) is 0. The first kappa shape index (κ1) is 14.2. The number of benzene rings is 1. The van der Waals surface area contributed by atoms with Crippen LogP contribution in [0, 0.1) is 13.8 Å². The van der Waals surface area contributed by atoms with Gasteiger partial charge in [0.2, 0.25) is 5.88 Å². The summed E-state index contributed by atoms with van der Waals surface area (Å²) in [5.41, 5.74) is 6.88. The normalized spacial score (nSPS) is 11.4. The first-order chi connectivity index (χ1) is 9.27. The second-order valence-corrected chi connectivity index (χ2v) is 4.44. The lowest BCUT2D eigenvalue weighted by molar-refractivity contribution is -0.141. The van der Waals surface area contributed by atoms with E-state index in [1.54, 1.807) is 26.0 Å². The maximum absolute atomic E-state index is 12.6. The van der Waals surface area contributed by atoms with Crippen molar-refractivity contribution in [2.45, 2.75) is 20.0 Å². The van der Waals surface area contributed by atoms with Crippen LogP contribution in [0.4, 0.5) is 18.9 Å². The van der Waals surface area contributed by atoms with Gasteiger partial charge in [0.25, 0.3) is 0 Å². The zero-order valence-corrected chi connectivity index (χ0v) is 11.0. The molecule has 1 aromatic carbocycles. The van der Waals surface area contributed by atoms with E-state index in [-0.39, 0.29) is 5.88 Å². The second-order valence-electron chi connectivity index (χ2n) is 4.44. The Morgan fingerprint density at radius 3 is 2.45 bits per heavy atom. The molecule has 0 fully saturated rings. The van der Waals surface area contributed by atoms with Crippen LogP contribution in [-0.2, 0) is 6.18 Å². The fraction of sp³-hybridized carbons (Fsp3) is 0.214. The summed E-state index contributed by atoms with van der Waals surface area (Å²) in [6, 6.07) is 6.91. The molecular formula is C14H13F3N2O. The van der Waals surface area contributed by atoms with Gasteiger partial charge in [-0.2, -0.15) is 13.2 Å². The van der Waals surface area contributed by atoms with E-state index in [0.29, 0.717) is 11.4 Å². The minimum absolute atomic E-state index is 0.105. The van der Waals surface area contributed by atoms with Gasteiger partial charge in [-0.15, -0.1) is 0 Å². The molecule has 0 atom stereocenters. The smallest absolute Gasteiger partial charge is 0.433 e. The van der Waals surface area contributed by atoms with Crippen LogP contribution in [0.25, 0.3) is 0 Å². The molecule has 20 heavy (non-hydrogen) atoms. The highest BCUT2D eigenvalue weighted by Crippen LogP contribution is 2.31. The summed E-state index contributed by atoms with van der Waals surface area (Å²) < 4.78 is 43.1. The van der Waals surface area contributed by atoms with Crippen molar-refractivity contribution < 1.29 is 17.9 Å². The average molecular weight is 282 g/mol. The van der Waals surface area contributed by atoms with Crippen molar-refractivity contribution >= 4 is 5.69 Å². The molecule has 0 saturated heterocycles. The molecule has 0 amide bonds. The SMILES string of the molecule is Cc1cc(Oc2cccc(C(F)(F)F)n2)c(C)cc1N. The fourth-order valence-corrected chi connectivity index (χ4v) is 1.66. The van der Waals surface area contributed by atoms with Gasteiger partial charge < -0.3 is 10.5 Å². The number of aromatic nitrogens is 1. The Labute approximate surface area is 114 Å². The molecule has 106 valence electrons. The van der Waals surface area contributed by atoms with Crippen LogP contribution in [0.1, 0.15) is 16.8 Å². The van der Waals surface area contributed by atoms with Gasteiger partial charge in [0.1, 0.15) is 11.4 Å². The molecule has 2 rings (SSSR count). The number of nitrogens with zero attached hydrogens (tertiary/aromatic N) is 1. The molecule has 0 unspecified atom stereocenters. The molecule has 0 saturated carbocycles. The van der Waals surface area contributed by atoms with Crippen molar-refractivity contribution in [1.29, 1.82) is 0 Å². The molecule has 0 aliphatic carbocycles. The van der Waals surface area contributed by atoms with Crippen LogP contribution in [0.3, 0.4) is 0 Å². The van der Waals surface area contributed by atoms with Crippen LogP contribution < -0.4 is 10.5 Å². The molecule has 2 N–H and O–H groups in total. The topological polar surface area (TPSA) is 48.1 Å². The number of rotatable bonds is 2. The lowest BCUT2D eigenvalue weighted by Crippen LogP contribution is -2.08. The summed E-state index contributed by atoms with van der Waals surface area (Å²) in [6.07, 6.45) is -4.49. The van der Waals surface area contributed by atoms with E-state index >= 15 is 0 Å². The number of aryl methyl sites for hydroxylation is 2. The lowest BCUT2D eigenvalue weighted by Gasteiger charge is -2.12. The third-order valence-corrected chi connectivity index (χ3v) is 2.79. The van der Waals surface area contributed by atoms with Gasteiger partial charge in [-0.05, 0) is 43.2 Å². The Morgan fingerprint density at radius 2 is 1.80 bits per heavy atom. The highest BCUT2D eigenvalue weighted by atomic mass is 19.4. The van der Waals surface area contributed by atoms with Gasteiger partial charge >= 0.3 is 6.18 Å². The minimum atomic E-state index is -4.49. The summed E-state index contributed by atoms with van der Waals surface area (Å²) in [5.74, 6) is 0.329. The molecule has 6 heteroatoms. The van der Waals surface area contributed by atoms with E-state index in [0.717, 1.165) is 17.2 Å². The molecule has 0 aliphatic heterocycles. The molecule has 0 bridgehead atoms. The van der Waals surface area contributed by atoms with E-state index in [4.69, 9.17) is 10.5 Å².